The molecule has 2 aromatic rings. The number of benzene rings is 2. The van der Waals surface area contributed by atoms with Crippen LogP contribution in [0.25, 0.3) is 0 Å². The van der Waals surface area contributed by atoms with Gasteiger partial charge in [-0.05, 0) is 42.6 Å². The van der Waals surface area contributed by atoms with Gasteiger partial charge in [-0.3, -0.25) is 9.69 Å². The van der Waals surface area contributed by atoms with Gasteiger partial charge in [-0.15, -0.1) is 0 Å². The summed E-state index contributed by atoms with van der Waals surface area (Å²) in [5, 5.41) is 9.61. The Bertz CT molecular complexity index is 761. The van der Waals surface area contributed by atoms with E-state index in [1.807, 2.05) is 35.2 Å². The van der Waals surface area contributed by atoms with Gasteiger partial charge in [-0.2, -0.15) is 13.2 Å². The number of carboxylic acids is 1. The third-order valence-electron chi connectivity index (χ3n) is 4.81. The van der Waals surface area contributed by atoms with E-state index in [1.54, 1.807) is 6.07 Å². The lowest BCUT2D eigenvalue weighted by molar-refractivity contribution is -0.145. The summed E-state index contributed by atoms with van der Waals surface area (Å²) in [5.74, 6) is -0.933. The maximum absolute atomic E-state index is 13.2. The Balaban J connectivity index is 2.09. The number of aliphatic carboxylic acids is 1. The van der Waals surface area contributed by atoms with E-state index in [0.29, 0.717) is 18.5 Å². The molecule has 0 bridgehead atoms. The van der Waals surface area contributed by atoms with Gasteiger partial charge in [0.15, 0.2) is 0 Å². The zero-order chi connectivity index (χ0) is 18.7. The molecule has 138 valence electrons. The number of alkyl halides is 3. The molecule has 3 rings (SSSR count). The molecular weight excluding hydrogens is 343 g/mol. The SMILES string of the molecule is O=C(O)C1CCCCN1C(c1ccccc1)c1cccc(C(F)(F)F)c1. The molecule has 1 aliphatic rings. The zero-order valence-corrected chi connectivity index (χ0v) is 14.1. The minimum Gasteiger partial charge on any atom is -0.480 e. The molecule has 2 atom stereocenters. The largest absolute Gasteiger partial charge is 0.480 e. The number of piperidine rings is 1. The molecule has 0 radical (unpaired) electrons. The van der Waals surface area contributed by atoms with E-state index >= 15 is 0 Å². The third kappa shape index (κ3) is 3.90. The van der Waals surface area contributed by atoms with Crippen LogP contribution in [0.3, 0.4) is 0 Å². The minimum absolute atomic E-state index is 0.458. The summed E-state index contributed by atoms with van der Waals surface area (Å²) in [7, 11) is 0. The number of nitrogens with zero attached hydrogens (tertiary/aromatic N) is 1. The summed E-state index contributed by atoms with van der Waals surface area (Å²) >= 11 is 0. The summed E-state index contributed by atoms with van der Waals surface area (Å²) in [6, 6.07) is 13.1. The van der Waals surface area contributed by atoms with Crippen molar-refractivity contribution in [2.45, 2.75) is 37.5 Å². The normalized spacial score (nSPS) is 19.9. The van der Waals surface area contributed by atoms with E-state index in [1.165, 1.54) is 6.07 Å². The van der Waals surface area contributed by atoms with Crippen LogP contribution in [0.4, 0.5) is 13.2 Å². The van der Waals surface area contributed by atoms with Gasteiger partial charge in [-0.1, -0.05) is 48.9 Å². The van der Waals surface area contributed by atoms with Gasteiger partial charge < -0.3 is 5.11 Å². The van der Waals surface area contributed by atoms with Crippen molar-refractivity contribution < 1.29 is 23.1 Å². The molecule has 1 N–H and O–H groups in total. The number of hydrogen-bond donors (Lipinski definition) is 1. The molecule has 2 unspecified atom stereocenters. The molecule has 1 aliphatic heterocycles. The quantitative estimate of drug-likeness (QED) is 0.853. The lowest BCUT2D eigenvalue weighted by Crippen LogP contribution is -2.46. The second-order valence-electron chi connectivity index (χ2n) is 6.52. The van der Waals surface area contributed by atoms with Gasteiger partial charge in [0.2, 0.25) is 0 Å². The molecule has 1 fully saturated rings. The van der Waals surface area contributed by atoms with Gasteiger partial charge >= 0.3 is 12.1 Å². The number of carbonyl (C=O) groups is 1. The van der Waals surface area contributed by atoms with Crippen LogP contribution in [-0.4, -0.2) is 28.6 Å². The summed E-state index contributed by atoms with van der Waals surface area (Å²) in [4.78, 5) is 13.6. The summed E-state index contributed by atoms with van der Waals surface area (Å²) < 4.78 is 39.5. The van der Waals surface area contributed by atoms with Gasteiger partial charge in [0.1, 0.15) is 6.04 Å². The van der Waals surface area contributed by atoms with Crippen LogP contribution in [0.2, 0.25) is 0 Å². The topological polar surface area (TPSA) is 40.5 Å². The summed E-state index contributed by atoms with van der Waals surface area (Å²) in [6.45, 7) is 0.534. The average molecular weight is 363 g/mol. The number of rotatable bonds is 4. The van der Waals surface area contributed by atoms with Crippen LogP contribution < -0.4 is 0 Å². The molecule has 0 spiro atoms. The van der Waals surface area contributed by atoms with Crippen molar-refractivity contribution in [3.8, 4) is 0 Å². The highest BCUT2D eigenvalue weighted by Gasteiger charge is 2.36. The highest BCUT2D eigenvalue weighted by Crippen LogP contribution is 2.37. The van der Waals surface area contributed by atoms with E-state index in [0.717, 1.165) is 30.5 Å². The van der Waals surface area contributed by atoms with Crippen molar-refractivity contribution in [3.05, 3.63) is 71.3 Å². The van der Waals surface area contributed by atoms with Crippen molar-refractivity contribution in [3.63, 3.8) is 0 Å². The fourth-order valence-electron chi connectivity index (χ4n) is 3.62. The Morgan fingerprint density at radius 1 is 1.04 bits per heavy atom. The highest BCUT2D eigenvalue weighted by molar-refractivity contribution is 5.73. The monoisotopic (exact) mass is 363 g/mol. The predicted octanol–water partition coefficient (Wildman–Crippen LogP) is 4.73. The molecule has 0 saturated carbocycles. The van der Waals surface area contributed by atoms with E-state index in [2.05, 4.69) is 0 Å². The van der Waals surface area contributed by atoms with Crippen molar-refractivity contribution in [1.82, 2.24) is 4.90 Å². The maximum atomic E-state index is 13.2. The molecule has 0 amide bonds. The first kappa shape index (κ1) is 18.5. The van der Waals surface area contributed by atoms with Crippen LogP contribution in [0.15, 0.2) is 54.6 Å². The van der Waals surface area contributed by atoms with Gasteiger partial charge in [0.05, 0.1) is 11.6 Å². The first-order valence-corrected chi connectivity index (χ1v) is 8.58. The van der Waals surface area contributed by atoms with Crippen LogP contribution >= 0.6 is 0 Å². The van der Waals surface area contributed by atoms with Crippen molar-refractivity contribution in [2.24, 2.45) is 0 Å². The fraction of sp³-hybridized carbons (Fsp3) is 0.350. The van der Waals surface area contributed by atoms with Gasteiger partial charge in [0, 0.05) is 0 Å². The minimum atomic E-state index is -4.44. The number of carboxylic acid groups (broad SMARTS) is 1. The standard InChI is InChI=1S/C20H20F3NO2/c21-20(22,23)16-10-6-9-15(13-16)18(14-7-2-1-3-8-14)24-12-5-4-11-17(24)19(25)26/h1-3,6-10,13,17-18H,4-5,11-12H2,(H,25,26). The van der Waals surface area contributed by atoms with Crippen molar-refractivity contribution in [2.75, 3.05) is 6.54 Å². The lowest BCUT2D eigenvalue weighted by Gasteiger charge is -2.39. The van der Waals surface area contributed by atoms with Crippen molar-refractivity contribution >= 4 is 5.97 Å². The Morgan fingerprint density at radius 2 is 1.73 bits per heavy atom. The molecule has 0 aliphatic carbocycles. The van der Waals surface area contributed by atoms with Crippen LogP contribution in [0.1, 0.15) is 42.0 Å². The van der Waals surface area contributed by atoms with E-state index < -0.39 is 29.8 Å². The zero-order valence-electron chi connectivity index (χ0n) is 14.1. The number of hydrogen-bond acceptors (Lipinski definition) is 2. The van der Waals surface area contributed by atoms with Crippen LogP contribution in [0, 0.1) is 0 Å². The average Bonchev–Trinajstić information content (AvgIpc) is 2.63. The second-order valence-corrected chi connectivity index (χ2v) is 6.52. The molecular formula is C20H20F3NO2. The highest BCUT2D eigenvalue weighted by atomic mass is 19.4. The van der Waals surface area contributed by atoms with E-state index in [9.17, 15) is 23.1 Å². The number of halogens is 3. The van der Waals surface area contributed by atoms with Crippen LogP contribution in [-0.2, 0) is 11.0 Å². The van der Waals surface area contributed by atoms with Gasteiger partial charge in [-0.25, -0.2) is 0 Å². The molecule has 26 heavy (non-hydrogen) atoms. The molecule has 6 heteroatoms. The third-order valence-corrected chi connectivity index (χ3v) is 4.81. The molecule has 3 nitrogen and oxygen atoms in total. The Morgan fingerprint density at radius 3 is 2.38 bits per heavy atom. The predicted molar refractivity (Wildman–Crippen MR) is 91.7 cm³/mol. The summed E-state index contributed by atoms with van der Waals surface area (Å²) in [5.41, 5.74) is 0.527. The van der Waals surface area contributed by atoms with E-state index in [4.69, 9.17) is 0 Å². The fourth-order valence-corrected chi connectivity index (χ4v) is 3.62. The molecule has 2 aromatic carbocycles. The first-order chi connectivity index (χ1) is 12.4. The smallest absolute Gasteiger partial charge is 0.416 e. The lowest BCUT2D eigenvalue weighted by atomic mass is 9.91. The number of likely N-dealkylation sites (tertiary alicyclic amines) is 1. The second kappa shape index (κ2) is 7.50. The van der Waals surface area contributed by atoms with Crippen LogP contribution in [0.5, 0.6) is 0 Å². The van der Waals surface area contributed by atoms with Crippen molar-refractivity contribution in [1.29, 1.82) is 0 Å². The summed E-state index contributed by atoms with van der Waals surface area (Å²) in [6.07, 6.45) is -2.31. The Kier molecular flexibility index (Phi) is 5.32. The van der Waals surface area contributed by atoms with E-state index in [-0.39, 0.29) is 0 Å². The Labute approximate surface area is 150 Å². The molecule has 0 aromatic heterocycles. The maximum Gasteiger partial charge on any atom is 0.416 e. The molecule has 1 heterocycles. The Hall–Kier alpha value is -2.34. The first-order valence-electron chi connectivity index (χ1n) is 8.58. The molecule has 1 saturated heterocycles. The van der Waals surface area contributed by atoms with Gasteiger partial charge in [0.25, 0.3) is 0 Å².